The van der Waals surface area contributed by atoms with Crippen LogP contribution in [0.4, 0.5) is 0 Å². The van der Waals surface area contributed by atoms with Crippen molar-refractivity contribution < 1.29 is 14.3 Å². The Labute approximate surface area is 156 Å². The summed E-state index contributed by atoms with van der Waals surface area (Å²) in [5.41, 5.74) is 1.07. The Morgan fingerprint density at radius 1 is 1.15 bits per heavy atom. The Hall–Kier alpha value is -2.99. The number of hydrogen-bond acceptors (Lipinski definition) is 4. The minimum absolute atomic E-state index is 0.225. The molecule has 0 aliphatic rings. The normalized spacial score (nSPS) is 10.4. The van der Waals surface area contributed by atoms with E-state index in [0.29, 0.717) is 29.7 Å². The van der Waals surface area contributed by atoms with Crippen LogP contribution in [0.1, 0.15) is 10.5 Å². The predicted octanol–water partition coefficient (Wildman–Crippen LogP) is 3.34. The molecule has 1 amide bonds. The zero-order valence-electron chi connectivity index (χ0n) is 14.2. The first-order valence-corrected chi connectivity index (χ1v) is 8.41. The Kier molecular flexibility index (Phi) is 5.76. The van der Waals surface area contributed by atoms with Gasteiger partial charge < -0.3 is 14.8 Å². The van der Waals surface area contributed by atoms with Crippen molar-refractivity contribution in [1.29, 1.82) is 0 Å². The van der Waals surface area contributed by atoms with Crippen LogP contribution in [0, 0.1) is 0 Å². The fraction of sp³-hybridized carbons (Fsp3) is 0.158. The molecule has 0 atom stereocenters. The molecule has 0 aliphatic heterocycles. The minimum Gasteiger partial charge on any atom is -0.493 e. The van der Waals surface area contributed by atoms with Crippen LogP contribution >= 0.6 is 11.6 Å². The number of rotatable bonds is 7. The number of methoxy groups -OCH3 is 1. The SMILES string of the molecule is COc1cn(-c2ccccc2)nc1C(=O)NCCOc1ccc(Cl)cc1. The van der Waals surface area contributed by atoms with Gasteiger partial charge in [0.25, 0.3) is 5.91 Å². The average molecular weight is 372 g/mol. The highest BCUT2D eigenvalue weighted by Gasteiger charge is 2.18. The van der Waals surface area contributed by atoms with Gasteiger partial charge in [0.05, 0.1) is 25.5 Å². The fourth-order valence-corrected chi connectivity index (χ4v) is 2.45. The number of aromatic nitrogens is 2. The van der Waals surface area contributed by atoms with E-state index in [1.54, 1.807) is 35.1 Å². The largest absolute Gasteiger partial charge is 0.493 e. The molecule has 3 rings (SSSR count). The van der Waals surface area contributed by atoms with Crippen LogP contribution in [0.15, 0.2) is 60.8 Å². The Balaban J connectivity index is 1.59. The standard InChI is InChI=1S/C19H18ClN3O3/c1-25-17-13-23(15-5-3-2-4-6-15)22-18(17)19(24)21-11-12-26-16-9-7-14(20)8-10-16/h2-10,13H,11-12H2,1H3,(H,21,24). The van der Waals surface area contributed by atoms with Crippen molar-refractivity contribution in [1.82, 2.24) is 15.1 Å². The lowest BCUT2D eigenvalue weighted by molar-refractivity contribution is 0.0938. The molecule has 1 N–H and O–H groups in total. The van der Waals surface area contributed by atoms with Crippen LogP contribution in [0.25, 0.3) is 5.69 Å². The number of nitrogens with zero attached hydrogens (tertiary/aromatic N) is 2. The van der Waals surface area contributed by atoms with Gasteiger partial charge in [0.2, 0.25) is 0 Å². The van der Waals surface area contributed by atoms with Crippen molar-refractivity contribution in [3.63, 3.8) is 0 Å². The molecule has 2 aromatic carbocycles. The first-order chi connectivity index (χ1) is 12.7. The Morgan fingerprint density at radius 3 is 2.58 bits per heavy atom. The molecule has 3 aromatic rings. The van der Waals surface area contributed by atoms with Gasteiger partial charge in [-0.05, 0) is 36.4 Å². The van der Waals surface area contributed by atoms with Gasteiger partial charge in [-0.25, -0.2) is 4.68 Å². The summed E-state index contributed by atoms with van der Waals surface area (Å²) in [6, 6.07) is 16.5. The van der Waals surface area contributed by atoms with Gasteiger partial charge in [-0.3, -0.25) is 4.79 Å². The number of hydrogen-bond donors (Lipinski definition) is 1. The van der Waals surface area contributed by atoms with E-state index >= 15 is 0 Å². The first kappa shape index (κ1) is 17.8. The van der Waals surface area contributed by atoms with E-state index in [-0.39, 0.29) is 11.6 Å². The summed E-state index contributed by atoms with van der Waals surface area (Å²) in [5.74, 6) is 0.774. The lowest BCUT2D eigenvalue weighted by Gasteiger charge is -2.07. The molecule has 0 saturated heterocycles. The van der Waals surface area contributed by atoms with Gasteiger partial charge in [0.1, 0.15) is 12.4 Å². The lowest BCUT2D eigenvalue weighted by Crippen LogP contribution is -2.28. The van der Waals surface area contributed by atoms with Crippen molar-refractivity contribution >= 4 is 17.5 Å². The maximum absolute atomic E-state index is 12.4. The molecular weight excluding hydrogens is 354 g/mol. The summed E-state index contributed by atoms with van der Waals surface area (Å²) in [4.78, 5) is 12.4. The molecule has 0 aliphatic carbocycles. The van der Waals surface area contributed by atoms with Gasteiger partial charge in [0, 0.05) is 5.02 Å². The number of carbonyl (C=O) groups excluding carboxylic acids is 1. The molecule has 0 saturated carbocycles. The van der Waals surface area contributed by atoms with Crippen molar-refractivity contribution in [3.05, 3.63) is 71.5 Å². The predicted molar refractivity (Wildman–Crippen MR) is 99.4 cm³/mol. The fourth-order valence-electron chi connectivity index (χ4n) is 2.33. The summed E-state index contributed by atoms with van der Waals surface area (Å²) >= 11 is 5.82. The first-order valence-electron chi connectivity index (χ1n) is 8.03. The molecule has 6 nitrogen and oxygen atoms in total. The van der Waals surface area contributed by atoms with Crippen LogP contribution in [-0.4, -0.2) is 35.9 Å². The number of halogens is 1. The van der Waals surface area contributed by atoms with Crippen LogP contribution < -0.4 is 14.8 Å². The molecule has 0 radical (unpaired) electrons. The molecule has 0 fully saturated rings. The topological polar surface area (TPSA) is 65.4 Å². The van der Waals surface area contributed by atoms with E-state index in [9.17, 15) is 4.79 Å². The average Bonchev–Trinajstić information content (AvgIpc) is 3.12. The van der Waals surface area contributed by atoms with E-state index in [4.69, 9.17) is 21.1 Å². The van der Waals surface area contributed by atoms with Gasteiger partial charge >= 0.3 is 0 Å². The van der Waals surface area contributed by atoms with Crippen molar-refractivity contribution in [2.45, 2.75) is 0 Å². The Morgan fingerprint density at radius 2 is 1.88 bits per heavy atom. The summed E-state index contributed by atoms with van der Waals surface area (Å²) in [6.45, 7) is 0.665. The molecule has 0 unspecified atom stereocenters. The molecular formula is C19H18ClN3O3. The Bertz CT molecular complexity index is 863. The van der Waals surface area contributed by atoms with Gasteiger partial charge in [-0.15, -0.1) is 0 Å². The summed E-state index contributed by atoms with van der Waals surface area (Å²) in [5, 5.41) is 7.74. The van der Waals surface area contributed by atoms with E-state index in [1.165, 1.54) is 7.11 Å². The smallest absolute Gasteiger partial charge is 0.275 e. The minimum atomic E-state index is -0.323. The van der Waals surface area contributed by atoms with E-state index in [2.05, 4.69) is 10.4 Å². The highest BCUT2D eigenvalue weighted by atomic mass is 35.5. The number of amides is 1. The van der Waals surface area contributed by atoms with Crippen LogP contribution in [0.5, 0.6) is 11.5 Å². The number of benzene rings is 2. The number of nitrogens with one attached hydrogen (secondary N) is 1. The highest BCUT2D eigenvalue weighted by Crippen LogP contribution is 2.19. The number of para-hydroxylation sites is 1. The third-order valence-electron chi connectivity index (χ3n) is 3.61. The zero-order valence-corrected chi connectivity index (χ0v) is 14.9. The van der Waals surface area contributed by atoms with Crippen LogP contribution in [0.2, 0.25) is 5.02 Å². The molecule has 134 valence electrons. The van der Waals surface area contributed by atoms with Crippen molar-refractivity contribution in [2.24, 2.45) is 0 Å². The monoisotopic (exact) mass is 371 g/mol. The molecule has 26 heavy (non-hydrogen) atoms. The van der Waals surface area contributed by atoms with Crippen molar-refractivity contribution in [3.8, 4) is 17.2 Å². The highest BCUT2D eigenvalue weighted by molar-refractivity contribution is 6.30. The molecule has 7 heteroatoms. The molecule has 1 heterocycles. The second-order valence-corrected chi connectivity index (χ2v) is 5.82. The third kappa shape index (κ3) is 4.34. The van der Waals surface area contributed by atoms with E-state index in [0.717, 1.165) is 5.69 Å². The number of carbonyl (C=O) groups is 1. The van der Waals surface area contributed by atoms with Crippen molar-refractivity contribution in [2.75, 3.05) is 20.3 Å². The lowest BCUT2D eigenvalue weighted by atomic mass is 10.3. The second kappa shape index (κ2) is 8.40. The summed E-state index contributed by atoms with van der Waals surface area (Å²) in [7, 11) is 1.51. The maximum atomic E-state index is 12.4. The van der Waals surface area contributed by atoms with Gasteiger partial charge in [-0.2, -0.15) is 5.10 Å². The van der Waals surface area contributed by atoms with E-state index in [1.807, 2.05) is 30.3 Å². The second-order valence-electron chi connectivity index (χ2n) is 5.38. The molecule has 1 aromatic heterocycles. The quantitative estimate of drug-likeness (QED) is 0.647. The van der Waals surface area contributed by atoms with Gasteiger partial charge in [0.15, 0.2) is 11.4 Å². The third-order valence-corrected chi connectivity index (χ3v) is 3.86. The number of ether oxygens (including phenoxy) is 2. The maximum Gasteiger partial charge on any atom is 0.275 e. The molecule has 0 bridgehead atoms. The van der Waals surface area contributed by atoms with Crippen LogP contribution in [0.3, 0.4) is 0 Å². The summed E-state index contributed by atoms with van der Waals surface area (Å²) < 4.78 is 12.4. The summed E-state index contributed by atoms with van der Waals surface area (Å²) in [6.07, 6.45) is 1.68. The van der Waals surface area contributed by atoms with Crippen LogP contribution in [-0.2, 0) is 0 Å². The zero-order chi connectivity index (χ0) is 18.4. The van der Waals surface area contributed by atoms with Gasteiger partial charge in [-0.1, -0.05) is 29.8 Å². The molecule has 0 spiro atoms. The van der Waals surface area contributed by atoms with E-state index < -0.39 is 0 Å².